The predicted molar refractivity (Wildman–Crippen MR) is 144 cm³/mol. The van der Waals surface area contributed by atoms with Gasteiger partial charge in [-0.3, -0.25) is 0 Å². The van der Waals surface area contributed by atoms with Crippen LogP contribution in [-0.2, 0) is 14.2 Å². The van der Waals surface area contributed by atoms with Crippen LogP contribution in [0, 0.1) is 0 Å². The van der Waals surface area contributed by atoms with E-state index in [1.54, 1.807) is 42.5 Å². The molecule has 3 rings (SSSR count). The number of nitrogens with one attached hydrogen (secondary N) is 3. The first-order valence-electron chi connectivity index (χ1n) is 10.9. The summed E-state index contributed by atoms with van der Waals surface area (Å²) in [5, 5.41) is 18.0. The van der Waals surface area contributed by atoms with E-state index < -0.39 is 5.97 Å². The molecule has 0 unspecified atom stereocenters. The molecule has 1 heterocycles. The van der Waals surface area contributed by atoms with Gasteiger partial charge in [0.2, 0.25) is 0 Å². The summed E-state index contributed by atoms with van der Waals surface area (Å²) in [4.78, 5) is 26.9. The molecule has 1 aliphatic heterocycles. The van der Waals surface area contributed by atoms with Crippen LogP contribution in [0.25, 0.3) is 0 Å². The van der Waals surface area contributed by atoms with Crippen LogP contribution in [0.5, 0.6) is 0 Å². The van der Waals surface area contributed by atoms with Crippen molar-refractivity contribution >= 4 is 46.7 Å². The summed E-state index contributed by atoms with van der Waals surface area (Å²) in [7, 11) is 2.69. The van der Waals surface area contributed by atoms with Gasteiger partial charge < -0.3 is 35.3 Å². The fourth-order valence-electron chi connectivity index (χ4n) is 2.80. The predicted octanol–water partition coefficient (Wildman–Crippen LogP) is 3.54. The number of anilines is 2. The fourth-order valence-corrected chi connectivity index (χ4v) is 3.02. The molecule has 10 nitrogen and oxygen atoms in total. The number of aliphatic hydroxyl groups is 1. The lowest BCUT2D eigenvalue weighted by Gasteiger charge is -2.15. The second kappa shape index (κ2) is 15.3. The smallest absolute Gasteiger partial charge is 0.337 e. The number of thiocarbonyl (C=S) groups is 1. The van der Waals surface area contributed by atoms with Crippen molar-refractivity contribution in [1.29, 1.82) is 0 Å². The topological polar surface area (TPSA) is 131 Å². The van der Waals surface area contributed by atoms with Gasteiger partial charge >= 0.3 is 11.9 Å². The molecule has 194 valence electrons. The molecule has 0 fully saturated rings. The highest BCUT2D eigenvalue weighted by Gasteiger charge is 2.09. The summed E-state index contributed by atoms with van der Waals surface area (Å²) < 4.78 is 14.6. The van der Waals surface area contributed by atoms with Gasteiger partial charge in [0.1, 0.15) is 0 Å². The summed E-state index contributed by atoms with van der Waals surface area (Å²) in [6.07, 6.45) is 1.57. The average Bonchev–Trinajstić information content (AvgIpc) is 2.89. The van der Waals surface area contributed by atoms with Gasteiger partial charge in [0.15, 0.2) is 5.11 Å². The third kappa shape index (κ3) is 9.98. The van der Waals surface area contributed by atoms with Gasteiger partial charge in [0.25, 0.3) is 6.02 Å². The number of benzene rings is 2. The number of amidine groups is 1. The van der Waals surface area contributed by atoms with Gasteiger partial charge in [0, 0.05) is 41.8 Å². The summed E-state index contributed by atoms with van der Waals surface area (Å²) in [6, 6.07) is 14.4. The second-order valence-corrected chi connectivity index (χ2v) is 7.52. The van der Waals surface area contributed by atoms with E-state index in [9.17, 15) is 9.59 Å². The normalized spacial score (nSPS) is 12.0. The standard InChI is InChI=1S/C12H16N2O3S.C12H14N2O3.3H2/c1-17-11(16)9-4-2-5-10(8-9)14-12(18)13-6-3-7-15;1-16-11(15)9-4-2-5-10(8-9)14-12-13-6-3-7-17-12;;;/h2,4-5,8,15H,3,6-7H2,1H3,(H2,13,14,18);2,4-5,8H,3,6-7H2,1H3,(H,13,14);3*1H. The van der Waals surface area contributed by atoms with Crippen molar-refractivity contribution in [3.8, 4) is 0 Å². The zero-order valence-electron chi connectivity index (χ0n) is 19.7. The zero-order chi connectivity index (χ0) is 25.5. The second-order valence-electron chi connectivity index (χ2n) is 7.12. The Hall–Kier alpha value is -3.70. The summed E-state index contributed by atoms with van der Waals surface area (Å²) >= 11 is 5.07. The molecule has 35 heavy (non-hydrogen) atoms. The number of rotatable bonds is 7. The highest BCUT2D eigenvalue weighted by Crippen LogP contribution is 2.13. The molecular formula is C24H36N4O6S. The largest absolute Gasteiger partial charge is 0.465 e. The Morgan fingerprint density at radius 3 is 2.29 bits per heavy atom. The number of carbonyl (C=O) groups is 2. The number of esters is 2. The fraction of sp³-hybridized carbons (Fsp3) is 0.333. The van der Waals surface area contributed by atoms with E-state index in [2.05, 4.69) is 30.4 Å². The van der Waals surface area contributed by atoms with Gasteiger partial charge in [0.05, 0.1) is 32.0 Å². The molecule has 0 saturated carbocycles. The quantitative estimate of drug-likeness (QED) is 0.250. The van der Waals surface area contributed by atoms with E-state index in [0.717, 1.165) is 18.7 Å². The van der Waals surface area contributed by atoms with E-state index in [0.29, 0.717) is 47.5 Å². The van der Waals surface area contributed by atoms with Crippen molar-refractivity contribution in [2.75, 3.05) is 51.2 Å². The lowest BCUT2D eigenvalue weighted by molar-refractivity contribution is 0.0592. The molecule has 0 amide bonds. The lowest BCUT2D eigenvalue weighted by Crippen LogP contribution is -2.29. The van der Waals surface area contributed by atoms with Crippen LogP contribution in [0.4, 0.5) is 11.4 Å². The van der Waals surface area contributed by atoms with Crippen molar-refractivity contribution in [2.24, 2.45) is 4.99 Å². The van der Waals surface area contributed by atoms with Crippen molar-refractivity contribution in [2.45, 2.75) is 12.8 Å². The molecule has 0 saturated heterocycles. The van der Waals surface area contributed by atoms with Gasteiger partial charge in [-0.25, -0.2) is 14.6 Å². The molecule has 0 bridgehead atoms. The average molecular weight is 509 g/mol. The van der Waals surface area contributed by atoms with E-state index in [1.807, 2.05) is 6.07 Å². The Labute approximate surface area is 214 Å². The minimum absolute atomic E-state index is 0. The Kier molecular flexibility index (Phi) is 12.0. The molecular weight excluding hydrogens is 472 g/mol. The zero-order valence-corrected chi connectivity index (χ0v) is 20.5. The SMILES string of the molecule is COC(=O)c1cccc(NC(=S)NCCCO)c1.COC(=O)c1cccc(NC2=NCCCO2)c1.[HH].[HH].[HH]. The molecule has 4 N–H and O–H groups in total. The number of aliphatic imine (C=N–C) groups is 1. The summed E-state index contributed by atoms with van der Waals surface area (Å²) in [5.41, 5.74) is 2.42. The minimum Gasteiger partial charge on any atom is -0.465 e. The Morgan fingerprint density at radius 2 is 1.71 bits per heavy atom. The monoisotopic (exact) mass is 508 g/mol. The van der Waals surface area contributed by atoms with Crippen molar-refractivity contribution in [3.63, 3.8) is 0 Å². The van der Waals surface area contributed by atoms with Crippen molar-refractivity contribution in [1.82, 2.24) is 5.32 Å². The van der Waals surface area contributed by atoms with E-state index >= 15 is 0 Å². The maximum absolute atomic E-state index is 11.3. The molecule has 1 aliphatic rings. The third-order valence-electron chi connectivity index (χ3n) is 4.49. The van der Waals surface area contributed by atoms with Crippen LogP contribution in [-0.4, -0.2) is 68.7 Å². The van der Waals surface area contributed by atoms with Gasteiger partial charge in [-0.2, -0.15) is 0 Å². The maximum atomic E-state index is 11.3. The van der Waals surface area contributed by atoms with Gasteiger partial charge in [-0.1, -0.05) is 12.1 Å². The van der Waals surface area contributed by atoms with Crippen LogP contribution in [0.2, 0.25) is 0 Å². The Morgan fingerprint density at radius 1 is 1.09 bits per heavy atom. The van der Waals surface area contributed by atoms with E-state index in [1.165, 1.54) is 14.2 Å². The molecule has 2 aromatic carbocycles. The highest BCUT2D eigenvalue weighted by atomic mass is 32.1. The summed E-state index contributed by atoms with van der Waals surface area (Å²) in [5.74, 6) is -0.752. The molecule has 0 aliphatic carbocycles. The Balaban J connectivity index is 0. The van der Waals surface area contributed by atoms with Crippen LogP contribution in [0.15, 0.2) is 53.5 Å². The highest BCUT2D eigenvalue weighted by molar-refractivity contribution is 7.80. The minimum atomic E-state index is -0.391. The number of hydrogen-bond acceptors (Lipinski definition) is 9. The van der Waals surface area contributed by atoms with Crippen LogP contribution in [0.3, 0.4) is 0 Å². The van der Waals surface area contributed by atoms with Crippen LogP contribution < -0.4 is 16.0 Å². The van der Waals surface area contributed by atoms with Gasteiger partial charge in [-0.05, 0) is 55.0 Å². The maximum Gasteiger partial charge on any atom is 0.337 e. The molecule has 0 aromatic heterocycles. The first kappa shape index (κ1) is 27.5. The van der Waals surface area contributed by atoms with Gasteiger partial charge in [-0.15, -0.1) is 0 Å². The molecule has 2 aromatic rings. The molecule has 0 atom stereocenters. The number of hydrogen-bond donors (Lipinski definition) is 4. The summed E-state index contributed by atoms with van der Waals surface area (Å²) in [6.45, 7) is 2.15. The van der Waals surface area contributed by atoms with E-state index in [4.69, 9.17) is 22.1 Å². The number of methoxy groups -OCH3 is 2. The van der Waals surface area contributed by atoms with Crippen molar-refractivity contribution in [3.05, 3.63) is 59.7 Å². The van der Waals surface area contributed by atoms with E-state index in [-0.39, 0.29) is 16.9 Å². The number of nitrogens with zero attached hydrogens (tertiary/aromatic N) is 1. The first-order chi connectivity index (χ1) is 17.0. The molecule has 11 heteroatoms. The van der Waals surface area contributed by atoms with Crippen LogP contribution in [0.1, 0.15) is 37.8 Å². The molecule has 0 radical (unpaired) electrons. The number of aliphatic hydroxyl groups excluding tert-OH is 1. The third-order valence-corrected chi connectivity index (χ3v) is 4.74. The van der Waals surface area contributed by atoms with Crippen molar-refractivity contribution < 1.29 is 33.2 Å². The Bertz CT molecular complexity index is 1050. The first-order valence-corrected chi connectivity index (χ1v) is 11.3. The molecule has 0 spiro atoms. The number of carbonyl (C=O) groups excluding carboxylic acids is 2. The lowest BCUT2D eigenvalue weighted by atomic mass is 10.2. The van der Waals surface area contributed by atoms with Crippen LogP contribution >= 0.6 is 12.2 Å². The number of ether oxygens (including phenoxy) is 3.